The number of fused-ring (bicyclic) bond motifs is 1. The second-order valence-corrected chi connectivity index (χ2v) is 4.39. The Kier molecular flexibility index (Phi) is 5.93. The number of benzene rings is 2. The highest BCUT2D eigenvalue weighted by Crippen LogP contribution is 2.31. The molecule has 0 aromatic heterocycles. The Morgan fingerprint density at radius 1 is 1.26 bits per heavy atom. The van der Waals surface area contributed by atoms with E-state index in [1.54, 1.807) is 0 Å². The quantitative estimate of drug-likeness (QED) is 0.842. The molecule has 0 saturated heterocycles. The van der Waals surface area contributed by atoms with Crippen molar-refractivity contribution in [2.45, 2.75) is 26.1 Å². The highest BCUT2D eigenvalue weighted by molar-refractivity contribution is 7.59. The summed E-state index contributed by atoms with van der Waals surface area (Å²) in [6.07, 6.45) is 2.68. The molecular formula is C16H20O2S. The maximum atomic E-state index is 9.42. The molecule has 0 amide bonds. The zero-order valence-corrected chi connectivity index (χ0v) is 12.1. The van der Waals surface area contributed by atoms with Crippen molar-refractivity contribution in [2.24, 2.45) is 0 Å². The lowest BCUT2D eigenvalue weighted by Crippen LogP contribution is -2.12. The van der Waals surface area contributed by atoms with Crippen molar-refractivity contribution in [3.05, 3.63) is 54.6 Å². The lowest BCUT2D eigenvalue weighted by molar-refractivity contribution is 0.215. The fourth-order valence-corrected chi connectivity index (χ4v) is 2.04. The van der Waals surface area contributed by atoms with E-state index in [1.165, 1.54) is 0 Å². The molecule has 0 heterocycles. The smallest absolute Gasteiger partial charge is 0.133 e. The standard InChI is InChI=1S/C16H18O2.H2S/c1-3-6-12(2)18-16-14(11-17)10-9-13-7-4-5-8-15(13)16;/h3-5,7-10,12,17H,1,6,11H2,2H3;1H2/t12-;/m0./s1. The molecule has 0 radical (unpaired) electrons. The van der Waals surface area contributed by atoms with Crippen LogP contribution in [0.15, 0.2) is 49.1 Å². The first-order chi connectivity index (χ1) is 8.76. The topological polar surface area (TPSA) is 29.5 Å². The highest BCUT2D eigenvalue weighted by atomic mass is 32.1. The van der Waals surface area contributed by atoms with Gasteiger partial charge in [-0.2, -0.15) is 13.5 Å². The predicted octanol–water partition coefficient (Wildman–Crippen LogP) is 3.79. The van der Waals surface area contributed by atoms with E-state index >= 15 is 0 Å². The van der Waals surface area contributed by atoms with Gasteiger partial charge in [-0.25, -0.2) is 0 Å². The minimum atomic E-state index is -0.0129. The summed E-state index contributed by atoms with van der Waals surface area (Å²) in [7, 11) is 0. The van der Waals surface area contributed by atoms with Crippen LogP contribution in [-0.4, -0.2) is 11.2 Å². The van der Waals surface area contributed by atoms with E-state index in [2.05, 4.69) is 6.58 Å². The Labute approximate surface area is 121 Å². The van der Waals surface area contributed by atoms with Crippen molar-refractivity contribution in [2.75, 3.05) is 0 Å². The number of hydrogen-bond acceptors (Lipinski definition) is 2. The van der Waals surface area contributed by atoms with Gasteiger partial charge in [-0.3, -0.25) is 0 Å². The molecular weight excluding hydrogens is 256 g/mol. The van der Waals surface area contributed by atoms with Gasteiger partial charge in [0.2, 0.25) is 0 Å². The van der Waals surface area contributed by atoms with Crippen molar-refractivity contribution in [1.82, 2.24) is 0 Å². The van der Waals surface area contributed by atoms with Crippen LogP contribution in [0.3, 0.4) is 0 Å². The van der Waals surface area contributed by atoms with E-state index in [1.807, 2.05) is 49.4 Å². The van der Waals surface area contributed by atoms with Gasteiger partial charge in [0, 0.05) is 17.4 Å². The second-order valence-electron chi connectivity index (χ2n) is 4.39. The first-order valence-electron chi connectivity index (χ1n) is 6.15. The Bertz CT molecular complexity index is 551. The minimum absolute atomic E-state index is 0. The molecule has 0 bridgehead atoms. The number of hydrogen-bond donors (Lipinski definition) is 1. The van der Waals surface area contributed by atoms with Crippen LogP contribution in [-0.2, 0) is 6.61 Å². The molecule has 0 saturated carbocycles. The van der Waals surface area contributed by atoms with E-state index in [0.29, 0.717) is 0 Å². The average Bonchev–Trinajstić information content (AvgIpc) is 2.39. The maximum Gasteiger partial charge on any atom is 0.133 e. The average molecular weight is 276 g/mol. The van der Waals surface area contributed by atoms with Crippen molar-refractivity contribution in [3.63, 3.8) is 0 Å². The van der Waals surface area contributed by atoms with Crippen LogP contribution in [0.2, 0.25) is 0 Å². The van der Waals surface area contributed by atoms with Crippen LogP contribution >= 0.6 is 13.5 Å². The van der Waals surface area contributed by atoms with Gasteiger partial charge in [0.1, 0.15) is 5.75 Å². The van der Waals surface area contributed by atoms with Crippen molar-refractivity contribution >= 4 is 24.3 Å². The fraction of sp³-hybridized carbons (Fsp3) is 0.250. The molecule has 0 aliphatic rings. The summed E-state index contributed by atoms with van der Waals surface area (Å²) in [5.41, 5.74) is 0.824. The second kappa shape index (κ2) is 7.22. The summed E-state index contributed by atoms with van der Waals surface area (Å²) in [6, 6.07) is 12.0. The third kappa shape index (κ3) is 3.52. The lowest BCUT2D eigenvalue weighted by atomic mass is 10.1. The normalized spacial score (nSPS) is 11.7. The SMILES string of the molecule is C=CC[C@H](C)Oc1c(CO)ccc2ccccc12.S. The first kappa shape index (κ1) is 15.6. The number of aliphatic hydroxyl groups is 1. The van der Waals surface area contributed by atoms with Crippen LogP contribution in [0.25, 0.3) is 10.8 Å². The first-order valence-corrected chi connectivity index (χ1v) is 6.15. The van der Waals surface area contributed by atoms with Crippen molar-refractivity contribution in [1.29, 1.82) is 0 Å². The van der Waals surface area contributed by atoms with Gasteiger partial charge in [-0.1, -0.05) is 42.5 Å². The molecule has 102 valence electrons. The zero-order chi connectivity index (χ0) is 13.0. The molecule has 2 nitrogen and oxygen atoms in total. The molecule has 0 unspecified atom stereocenters. The molecule has 1 N–H and O–H groups in total. The Morgan fingerprint density at radius 3 is 2.68 bits per heavy atom. The Morgan fingerprint density at radius 2 is 2.00 bits per heavy atom. The van der Waals surface area contributed by atoms with Crippen LogP contribution in [0.1, 0.15) is 18.9 Å². The lowest BCUT2D eigenvalue weighted by Gasteiger charge is -2.17. The van der Waals surface area contributed by atoms with E-state index in [4.69, 9.17) is 4.74 Å². The van der Waals surface area contributed by atoms with Gasteiger partial charge >= 0.3 is 0 Å². The van der Waals surface area contributed by atoms with Crippen LogP contribution in [0, 0.1) is 0 Å². The van der Waals surface area contributed by atoms with Gasteiger partial charge in [-0.05, 0) is 12.3 Å². The summed E-state index contributed by atoms with van der Waals surface area (Å²) in [6.45, 7) is 5.71. The fourth-order valence-electron chi connectivity index (χ4n) is 2.04. The van der Waals surface area contributed by atoms with Crippen molar-refractivity contribution < 1.29 is 9.84 Å². The van der Waals surface area contributed by atoms with E-state index in [9.17, 15) is 5.11 Å². The van der Waals surface area contributed by atoms with Gasteiger partial charge in [0.05, 0.1) is 12.7 Å². The van der Waals surface area contributed by atoms with Crippen LogP contribution < -0.4 is 4.74 Å². The molecule has 2 aromatic rings. The largest absolute Gasteiger partial charge is 0.489 e. The summed E-state index contributed by atoms with van der Waals surface area (Å²) in [4.78, 5) is 0. The maximum absolute atomic E-state index is 9.42. The van der Waals surface area contributed by atoms with Gasteiger partial charge in [-0.15, -0.1) is 6.58 Å². The van der Waals surface area contributed by atoms with Gasteiger partial charge in [0.25, 0.3) is 0 Å². The predicted molar refractivity (Wildman–Crippen MR) is 85.2 cm³/mol. The molecule has 19 heavy (non-hydrogen) atoms. The third-order valence-corrected chi connectivity index (χ3v) is 2.95. The number of ether oxygens (including phenoxy) is 1. The molecule has 0 fully saturated rings. The molecule has 3 heteroatoms. The van der Waals surface area contributed by atoms with Gasteiger partial charge in [0.15, 0.2) is 0 Å². The monoisotopic (exact) mass is 276 g/mol. The highest BCUT2D eigenvalue weighted by Gasteiger charge is 2.11. The summed E-state index contributed by atoms with van der Waals surface area (Å²) in [5, 5.41) is 11.6. The number of rotatable bonds is 5. The zero-order valence-electron chi connectivity index (χ0n) is 11.1. The summed E-state index contributed by atoms with van der Waals surface area (Å²) in [5.74, 6) is 0.782. The minimum Gasteiger partial charge on any atom is -0.489 e. The molecule has 1 atom stereocenters. The Balaban J connectivity index is 0.00000180. The summed E-state index contributed by atoms with van der Waals surface area (Å²) >= 11 is 0. The van der Waals surface area contributed by atoms with E-state index in [0.717, 1.165) is 28.5 Å². The molecule has 0 aliphatic carbocycles. The molecule has 0 spiro atoms. The molecule has 0 aliphatic heterocycles. The summed E-state index contributed by atoms with van der Waals surface area (Å²) < 4.78 is 5.96. The van der Waals surface area contributed by atoms with Crippen LogP contribution in [0.4, 0.5) is 0 Å². The van der Waals surface area contributed by atoms with Crippen LogP contribution in [0.5, 0.6) is 5.75 Å². The Hall–Kier alpha value is -1.45. The van der Waals surface area contributed by atoms with E-state index < -0.39 is 0 Å². The third-order valence-electron chi connectivity index (χ3n) is 2.95. The number of aliphatic hydroxyl groups excluding tert-OH is 1. The van der Waals surface area contributed by atoms with Crippen molar-refractivity contribution in [3.8, 4) is 5.75 Å². The van der Waals surface area contributed by atoms with Gasteiger partial charge < -0.3 is 9.84 Å². The molecule has 2 rings (SSSR count). The van der Waals surface area contributed by atoms with E-state index in [-0.39, 0.29) is 26.2 Å². The molecule has 2 aromatic carbocycles.